The summed E-state index contributed by atoms with van der Waals surface area (Å²) in [7, 11) is 1.23. The number of benzene rings is 3. The number of amides is 2. The monoisotopic (exact) mass is 624 g/mol. The topological polar surface area (TPSA) is 207 Å². The highest BCUT2D eigenvalue weighted by Crippen LogP contribution is 2.24. The summed E-state index contributed by atoms with van der Waals surface area (Å²) in [5, 5.41) is 16.0. The van der Waals surface area contributed by atoms with Gasteiger partial charge < -0.3 is 32.2 Å². The fourth-order valence-electron chi connectivity index (χ4n) is 4.64. The van der Waals surface area contributed by atoms with E-state index in [2.05, 4.69) is 20.9 Å². The van der Waals surface area contributed by atoms with Crippen molar-refractivity contribution in [2.75, 3.05) is 18.2 Å². The van der Waals surface area contributed by atoms with Crippen LogP contribution in [0.4, 0.5) is 11.5 Å². The number of aromatic nitrogens is 2. The van der Waals surface area contributed by atoms with E-state index in [1.54, 1.807) is 60.7 Å². The first-order chi connectivity index (χ1) is 22.0. The molecule has 46 heavy (non-hydrogen) atoms. The minimum atomic E-state index is -1.08. The van der Waals surface area contributed by atoms with Crippen molar-refractivity contribution < 1.29 is 19.1 Å². The molecular formula is C33H36N8O5. The molecule has 0 aliphatic rings. The number of carbonyl (C=O) groups is 3. The van der Waals surface area contributed by atoms with Gasteiger partial charge in [0.05, 0.1) is 19.0 Å². The van der Waals surface area contributed by atoms with Gasteiger partial charge in [-0.05, 0) is 43.2 Å². The van der Waals surface area contributed by atoms with E-state index >= 15 is 0 Å². The van der Waals surface area contributed by atoms with Gasteiger partial charge in [0, 0.05) is 35.0 Å². The number of esters is 1. The number of nitrogens with two attached hydrogens (primary N) is 2. The minimum Gasteiger partial charge on any atom is -0.467 e. The van der Waals surface area contributed by atoms with Crippen LogP contribution >= 0.6 is 0 Å². The summed E-state index contributed by atoms with van der Waals surface area (Å²) in [6.07, 6.45) is 1.43. The van der Waals surface area contributed by atoms with E-state index < -0.39 is 29.4 Å². The number of carbonyl (C=O) groups excluding carboxylic acids is 3. The Morgan fingerprint density at radius 3 is 2.33 bits per heavy atom. The van der Waals surface area contributed by atoms with E-state index in [4.69, 9.17) is 21.6 Å². The Morgan fingerprint density at radius 1 is 1.00 bits per heavy atom. The SMILES string of the molecule is COC(=O)[C@@H](NC(=O)c1cc(N)cc(-c2cnc(NC(C)C)c(=O)n2CC(=O)NCc2ccc(C(=N)N)cc2)c1)c1ccccc1. The molecule has 0 radical (unpaired) electrons. The van der Waals surface area contributed by atoms with Gasteiger partial charge in [-0.2, -0.15) is 0 Å². The van der Waals surface area contributed by atoms with Crippen molar-refractivity contribution in [3.05, 3.63) is 112 Å². The first kappa shape index (κ1) is 32.9. The van der Waals surface area contributed by atoms with Crippen LogP contribution in [0.2, 0.25) is 0 Å². The summed E-state index contributed by atoms with van der Waals surface area (Å²) in [6.45, 7) is 3.52. The number of hydrogen-bond acceptors (Lipinski definition) is 9. The van der Waals surface area contributed by atoms with Gasteiger partial charge in [-0.3, -0.25) is 24.4 Å². The van der Waals surface area contributed by atoms with Crippen LogP contribution in [-0.2, 0) is 27.4 Å². The molecule has 1 atom stereocenters. The van der Waals surface area contributed by atoms with Crippen molar-refractivity contribution in [3.63, 3.8) is 0 Å². The van der Waals surface area contributed by atoms with E-state index in [0.29, 0.717) is 16.7 Å². The van der Waals surface area contributed by atoms with Gasteiger partial charge in [-0.25, -0.2) is 9.78 Å². The summed E-state index contributed by atoms with van der Waals surface area (Å²) in [4.78, 5) is 57.0. The Morgan fingerprint density at radius 2 is 1.70 bits per heavy atom. The molecule has 4 rings (SSSR count). The van der Waals surface area contributed by atoms with Crippen LogP contribution in [0.15, 0.2) is 83.8 Å². The van der Waals surface area contributed by atoms with E-state index in [9.17, 15) is 19.2 Å². The lowest BCUT2D eigenvalue weighted by atomic mass is 10.0. The minimum absolute atomic E-state index is 0.0528. The highest BCUT2D eigenvalue weighted by Gasteiger charge is 2.25. The quantitative estimate of drug-likeness (QED) is 0.0592. The van der Waals surface area contributed by atoms with Crippen LogP contribution < -0.4 is 33.0 Å². The number of ether oxygens (including phenoxy) is 1. The molecule has 0 aliphatic carbocycles. The molecule has 0 aliphatic heterocycles. The first-order valence-electron chi connectivity index (χ1n) is 14.4. The van der Waals surface area contributed by atoms with Gasteiger partial charge in [0.15, 0.2) is 11.9 Å². The number of nitrogens with one attached hydrogen (secondary N) is 4. The third-order valence-electron chi connectivity index (χ3n) is 6.89. The number of nitrogens with zero attached hydrogens (tertiary/aromatic N) is 2. The van der Waals surface area contributed by atoms with Crippen molar-refractivity contribution in [2.24, 2.45) is 5.73 Å². The number of hydrogen-bond donors (Lipinski definition) is 6. The zero-order valence-corrected chi connectivity index (χ0v) is 25.7. The molecule has 1 heterocycles. The Labute approximate surface area is 265 Å². The molecular weight excluding hydrogens is 588 g/mol. The third-order valence-corrected chi connectivity index (χ3v) is 6.89. The fourth-order valence-corrected chi connectivity index (χ4v) is 4.64. The molecule has 3 aromatic carbocycles. The number of anilines is 2. The molecule has 8 N–H and O–H groups in total. The lowest BCUT2D eigenvalue weighted by molar-refractivity contribution is -0.143. The predicted octanol–water partition coefficient (Wildman–Crippen LogP) is 2.56. The summed E-state index contributed by atoms with van der Waals surface area (Å²) in [5.74, 6) is -1.73. The highest BCUT2D eigenvalue weighted by atomic mass is 16.5. The molecule has 2 amide bonds. The van der Waals surface area contributed by atoms with E-state index in [-0.39, 0.29) is 47.7 Å². The van der Waals surface area contributed by atoms with Gasteiger partial charge in [0.2, 0.25) is 5.91 Å². The molecule has 238 valence electrons. The van der Waals surface area contributed by atoms with Gasteiger partial charge in [-0.1, -0.05) is 54.6 Å². The lowest BCUT2D eigenvalue weighted by Gasteiger charge is -2.18. The Hall–Kier alpha value is -5.98. The molecule has 0 spiro atoms. The second-order valence-electron chi connectivity index (χ2n) is 10.8. The molecule has 0 unspecified atom stereocenters. The van der Waals surface area contributed by atoms with Crippen LogP contribution in [0, 0.1) is 5.41 Å². The van der Waals surface area contributed by atoms with Crippen LogP contribution in [0.3, 0.4) is 0 Å². The van der Waals surface area contributed by atoms with Crippen molar-refractivity contribution in [3.8, 4) is 11.3 Å². The van der Waals surface area contributed by atoms with Crippen LogP contribution in [0.25, 0.3) is 11.3 Å². The number of amidine groups is 1. The van der Waals surface area contributed by atoms with E-state index in [0.717, 1.165) is 5.56 Å². The molecule has 1 aromatic heterocycles. The molecule has 0 saturated carbocycles. The molecule has 0 fully saturated rings. The molecule has 13 nitrogen and oxygen atoms in total. The number of rotatable bonds is 12. The van der Waals surface area contributed by atoms with Crippen molar-refractivity contribution in [1.82, 2.24) is 20.2 Å². The summed E-state index contributed by atoms with van der Waals surface area (Å²) in [6, 6.07) is 18.8. The average Bonchev–Trinajstić information content (AvgIpc) is 3.04. The summed E-state index contributed by atoms with van der Waals surface area (Å²) < 4.78 is 6.16. The first-order valence-corrected chi connectivity index (χ1v) is 14.4. The Balaban J connectivity index is 1.65. The van der Waals surface area contributed by atoms with E-state index in [1.807, 2.05) is 13.8 Å². The van der Waals surface area contributed by atoms with E-state index in [1.165, 1.54) is 30.0 Å². The fraction of sp³-hybridized carbons (Fsp3) is 0.212. The Kier molecular flexibility index (Phi) is 10.5. The van der Waals surface area contributed by atoms with Gasteiger partial charge in [0.25, 0.3) is 11.5 Å². The summed E-state index contributed by atoms with van der Waals surface area (Å²) >= 11 is 0. The average molecular weight is 625 g/mol. The van der Waals surface area contributed by atoms with Crippen LogP contribution in [-0.4, -0.2) is 46.3 Å². The van der Waals surface area contributed by atoms with Gasteiger partial charge in [-0.15, -0.1) is 0 Å². The molecule has 0 bridgehead atoms. The second-order valence-corrected chi connectivity index (χ2v) is 10.8. The Bertz CT molecular complexity index is 1800. The predicted molar refractivity (Wildman–Crippen MR) is 175 cm³/mol. The zero-order valence-electron chi connectivity index (χ0n) is 25.7. The highest BCUT2D eigenvalue weighted by molar-refractivity contribution is 5.99. The standard InChI is InChI=1S/C33H36N8O5/c1-19(2)39-30-32(44)41(18-27(42)37-16-20-9-11-22(12-10-20)29(35)36)26(17-38-30)23-13-24(15-25(34)14-23)31(43)40-28(33(45)46-3)21-7-5-4-6-8-21/h4-15,17,19,28H,16,18,34H2,1-3H3,(H3,35,36)(H,37,42)(H,38,39)(H,40,43)/t28-/m0/s1. The van der Waals surface area contributed by atoms with Crippen LogP contribution in [0.5, 0.6) is 0 Å². The maximum absolute atomic E-state index is 13.6. The molecule has 0 saturated heterocycles. The van der Waals surface area contributed by atoms with Crippen molar-refractivity contribution in [1.29, 1.82) is 5.41 Å². The molecule has 13 heteroatoms. The van der Waals surface area contributed by atoms with Gasteiger partial charge >= 0.3 is 5.97 Å². The number of methoxy groups -OCH3 is 1. The van der Waals surface area contributed by atoms with Crippen molar-refractivity contribution in [2.45, 2.75) is 39.0 Å². The third kappa shape index (κ3) is 8.14. The zero-order chi connectivity index (χ0) is 33.4. The van der Waals surface area contributed by atoms with Gasteiger partial charge in [0.1, 0.15) is 12.4 Å². The lowest BCUT2D eigenvalue weighted by Crippen LogP contribution is -2.35. The summed E-state index contributed by atoms with van der Waals surface area (Å²) in [5.41, 5.74) is 13.9. The van der Waals surface area contributed by atoms with Crippen molar-refractivity contribution >= 4 is 35.1 Å². The normalized spacial score (nSPS) is 11.4. The van der Waals surface area contributed by atoms with Crippen LogP contribution in [0.1, 0.15) is 46.9 Å². The molecule has 4 aromatic rings. The maximum Gasteiger partial charge on any atom is 0.333 e. The maximum atomic E-state index is 13.6. The largest absolute Gasteiger partial charge is 0.467 e. The smallest absolute Gasteiger partial charge is 0.333 e. The second kappa shape index (κ2) is 14.7. The number of nitrogen functional groups attached to an aromatic ring is 2.